The molecule has 4 rings (SSSR count). The number of hydrogen-bond acceptors (Lipinski definition) is 5. The van der Waals surface area contributed by atoms with Crippen LogP contribution in [0.5, 0.6) is 0 Å². The van der Waals surface area contributed by atoms with E-state index in [-0.39, 0.29) is 5.91 Å². The van der Waals surface area contributed by atoms with Crippen LogP contribution in [0.25, 0.3) is 11.3 Å². The molecule has 1 saturated heterocycles. The third-order valence-corrected chi connectivity index (χ3v) is 6.30. The summed E-state index contributed by atoms with van der Waals surface area (Å²) in [6.07, 6.45) is 5.44. The number of amides is 2. The van der Waals surface area contributed by atoms with Crippen LogP contribution < -0.4 is 5.73 Å². The second kappa shape index (κ2) is 9.92. The lowest BCUT2D eigenvalue weighted by molar-refractivity contribution is 0.0638. The van der Waals surface area contributed by atoms with Crippen LogP contribution in [-0.4, -0.2) is 57.8 Å². The fourth-order valence-corrected chi connectivity index (χ4v) is 4.34. The quantitative estimate of drug-likeness (QED) is 0.631. The lowest BCUT2D eigenvalue weighted by Crippen LogP contribution is -2.45. The molecule has 2 heterocycles. The molecule has 0 radical (unpaired) electrons. The van der Waals surface area contributed by atoms with Crippen molar-refractivity contribution in [2.75, 3.05) is 20.1 Å². The predicted molar refractivity (Wildman–Crippen MR) is 128 cm³/mol. The van der Waals surface area contributed by atoms with Gasteiger partial charge >= 0.3 is 0 Å². The van der Waals surface area contributed by atoms with Crippen molar-refractivity contribution in [1.82, 2.24) is 19.8 Å². The minimum absolute atomic E-state index is 0.109. The number of primary amides is 1. The number of carbonyl (C=O) groups excluding carboxylic acids is 2. The maximum absolute atomic E-state index is 12.7. The Kier molecular flexibility index (Phi) is 6.79. The lowest BCUT2D eigenvalue weighted by Gasteiger charge is -2.36. The van der Waals surface area contributed by atoms with E-state index in [0.29, 0.717) is 18.2 Å². The van der Waals surface area contributed by atoms with Crippen molar-refractivity contribution >= 4 is 11.8 Å². The van der Waals surface area contributed by atoms with E-state index in [4.69, 9.17) is 5.73 Å². The first-order valence-corrected chi connectivity index (χ1v) is 11.2. The standard InChI is InChI=1S/C26H29N5O2/c1-18-14-20(8-9-23(18)25(27)32)24-16-28-21(15-29-24)17-30(2)22-10-12-31(13-11-22)26(33)19-6-4-3-5-7-19/h3-9,14-16,22H,10-13,17H2,1-2H3,(H2,27,32). The molecule has 2 N–H and O–H groups in total. The smallest absolute Gasteiger partial charge is 0.253 e. The molecule has 0 saturated carbocycles. The summed E-state index contributed by atoms with van der Waals surface area (Å²) in [6.45, 7) is 4.07. The van der Waals surface area contributed by atoms with E-state index in [1.54, 1.807) is 18.5 Å². The number of likely N-dealkylation sites (tertiary alicyclic amines) is 1. The van der Waals surface area contributed by atoms with Crippen molar-refractivity contribution in [1.29, 1.82) is 0 Å². The van der Waals surface area contributed by atoms with Gasteiger partial charge in [-0.3, -0.25) is 24.5 Å². The van der Waals surface area contributed by atoms with Crippen LogP contribution >= 0.6 is 0 Å². The number of hydrogen-bond donors (Lipinski definition) is 1. The molecule has 2 aromatic carbocycles. The molecule has 1 aliphatic heterocycles. The van der Waals surface area contributed by atoms with Crippen LogP contribution in [0.1, 0.15) is 44.8 Å². The molecule has 33 heavy (non-hydrogen) atoms. The number of rotatable bonds is 6. The van der Waals surface area contributed by atoms with Gasteiger partial charge in [0.25, 0.3) is 5.91 Å². The zero-order chi connectivity index (χ0) is 23.4. The minimum atomic E-state index is -0.432. The molecule has 170 valence electrons. The van der Waals surface area contributed by atoms with E-state index in [9.17, 15) is 9.59 Å². The topological polar surface area (TPSA) is 92.4 Å². The Bertz CT molecular complexity index is 1120. The minimum Gasteiger partial charge on any atom is -0.366 e. The summed E-state index contributed by atoms with van der Waals surface area (Å²) in [5.74, 6) is -0.323. The summed E-state index contributed by atoms with van der Waals surface area (Å²) in [5.41, 5.74) is 10.0. The Balaban J connectivity index is 1.33. The summed E-state index contributed by atoms with van der Waals surface area (Å²) in [5, 5.41) is 0. The van der Waals surface area contributed by atoms with Gasteiger partial charge in [-0.25, -0.2) is 0 Å². The summed E-state index contributed by atoms with van der Waals surface area (Å²) in [4.78, 5) is 37.5. The van der Waals surface area contributed by atoms with E-state index in [1.165, 1.54) is 0 Å². The third-order valence-electron chi connectivity index (χ3n) is 6.30. The van der Waals surface area contributed by atoms with Gasteiger partial charge in [-0.2, -0.15) is 0 Å². The number of aromatic nitrogens is 2. The molecular formula is C26H29N5O2. The number of aryl methyl sites for hydroxylation is 1. The maximum atomic E-state index is 12.7. The average molecular weight is 444 g/mol. The normalized spacial score (nSPS) is 14.5. The summed E-state index contributed by atoms with van der Waals surface area (Å²) >= 11 is 0. The largest absolute Gasteiger partial charge is 0.366 e. The summed E-state index contributed by atoms with van der Waals surface area (Å²) in [6, 6.07) is 15.3. The number of piperidine rings is 1. The summed E-state index contributed by atoms with van der Waals surface area (Å²) < 4.78 is 0. The molecular weight excluding hydrogens is 414 g/mol. The van der Waals surface area contributed by atoms with Gasteiger partial charge in [0.15, 0.2) is 0 Å². The highest BCUT2D eigenvalue weighted by Gasteiger charge is 2.26. The molecule has 1 fully saturated rings. The molecule has 1 aliphatic rings. The van der Waals surface area contributed by atoms with E-state index < -0.39 is 5.91 Å². The molecule has 7 heteroatoms. The highest BCUT2D eigenvalue weighted by molar-refractivity contribution is 5.95. The van der Waals surface area contributed by atoms with Crippen LogP contribution in [0.3, 0.4) is 0 Å². The van der Waals surface area contributed by atoms with Crippen LogP contribution in [0.2, 0.25) is 0 Å². The fourth-order valence-electron chi connectivity index (χ4n) is 4.34. The molecule has 0 atom stereocenters. The summed E-state index contributed by atoms with van der Waals surface area (Å²) in [7, 11) is 2.10. The van der Waals surface area contributed by atoms with E-state index in [2.05, 4.69) is 21.9 Å². The molecule has 7 nitrogen and oxygen atoms in total. The first-order valence-electron chi connectivity index (χ1n) is 11.2. The zero-order valence-corrected chi connectivity index (χ0v) is 19.1. The van der Waals surface area contributed by atoms with Crippen LogP contribution in [0.15, 0.2) is 60.9 Å². The van der Waals surface area contributed by atoms with Gasteiger partial charge in [0.05, 0.1) is 23.8 Å². The van der Waals surface area contributed by atoms with Crippen molar-refractivity contribution < 1.29 is 9.59 Å². The van der Waals surface area contributed by atoms with Crippen LogP contribution in [-0.2, 0) is 6.54 Å². The monoisotopic (exact) mass is 443 g/mol. The second-order valence-electron chi connectivity index (χ2n) is 8.59. The third kappa shape index (κ3) is 5.26. The van der Waals surface area contributed by atoms with Crippen molar-refractivity contribution in [3.8, 4) is 11.3 Å². The molecule has 2 amide bonds. The maximum Gasteiger partial charge on any atom is 0.253 e. The Labute approximate surface area is 194 Å². The van der Waals surface area contributed by atoms with Gasteiger partial charge in [0, 0.05) is 42.4 Å². The number of carbonyl (C=O) groups is 2. The highest BCUT2D eigenvalue weighted by Crippen LogP contribution is 2.22. The molecule has 3 aromatic rings. The van der Waals surface area contributed by atoms with Gasteiger partial charge in [0.1, 0.15) is 0 Å². The number of benzene rings is 2. The van der Waals surface area contributed by atoms with E-state index >= 15 is 0 Å². The number of nitrogens with two attached hydrogens (primary N) is 1. The Morgan fingerprint density at radius 1 is 1.06 bits per heavy atom. The van der Waals surface area contributed by atoms with Crippen LogP contribution in [0.4, 0.5) is 0 Å². The Morgan fingerprint density at radius 3 is 2.39 bits per heavy atom. The van der Waals surface area contributed by atoms with E-state index in [1.807, 2.05) is 54.3 Å². The lowest BCUT2D eigenvalue weighted by atomic mass is 10.0. The van der Waals surface area contributed by atoms with E-state index in [0.717, 1.165) is 54.0 Å². The zero-order valence-electron chi connectivity index (χ0n) is 19.1. The van der Waals surface area contributed by atoms with Crippen molar-refractivity contribution in [3.63, 3.8) is 0 Å². The van der Waals surface area contributed by atoms with Crippen molar-refractivity contribution in [2.24, 2.45) is 5.73 Å². The molecule has 0 bridgehead atoms. The highest BCUT2D eigenvalue weighted by atomic mass is 16.2. The van der Waals surface area contributed by atoms with Crippen molar-refractivity contribution in [3.05, 3.63) is 83.3 Å². The van der Waals surface area contributed by atoms with Gasteiger partial charge < -0.3 is 10.6 Å². The van der Waals surface area contributed by atoms with Gasteiger partial charge in [0.2, 0.25) is 5.91 Å². The average Bonchev–Trinajstić information content (AvgIpc) is 2.84. The molecule has 0 spiro atoms. The Hall–Kier alpha value is -3.58. The first-order chi connectivity index (χ1) is 15.9. The molecule has 0 aliphatic carbocycles. The SMILES string of the molecule is Cc1cc(-c2cnc(CN(C)C3CCN(C(=O)c4ccccc4)CC3)cn2)ccc1C(N)=O. The fraction of sp³-hybridized carbons (Fsp3) is 0.308. The molecule has 1 aromatic heterocycles. The predicted octanol–water partition coefficient (Wildman–Crippen LogP) is 3.29. The van der Waals surface area contributed by atoms with Crippen molar-refractivity contribution in [2.45, 2.75) is 32.4 Å². The second-order valence-corrected chi connectivity index (χ2v) is 8.59. The Morgan fingerprint density at radius 2 is 1.79 bits per heavy atom. The molecule has 0 unspecified atom stereocenters. The first kappa shape index (κ1) is 22.6. The van der Waals surface area contributed by atoms with Crippen LogP contribution in [0, 0.1) is 6.92 Å². The van der Waals surface area contributed by atoms with Gasteiger partial charge in [-0.1, -0.05) is 24.3 Å². The number of nitrogens with zero attached hydrogens (tertiary/aromatic N) is 4. The van der Waals surface area contributed by atoms with Gasteiger partial charge in [-0.15, -0.1) is 0 Å². The van der Waals surface area contributed by atoms with Gasteiger partial charge in [-0.05, 0) is 56.6 Å².